The van der Waals surface area contributed by atoms with Gasteiger partial charge in [-0.3, -0.25) is 0 Å². The quantitative estimate of drug-likeness (QED) is 0.904. The number of hydrogen-bond donors (Lipinski definition) is 1. The van der Waals surface area contributed by atoms with Crippen LogP contribution in [0.5, 0.6) is 0 Å². The summed E-state index contributed by atoms with van der Waals surface area (Å²) in [6.45, 7) is 11.0. The maximum absolute atomic E-state index is 13.0. The van der Waals surface area contributed by atoms with Crippen molar-refractivity contribution in [2.45, 2.75) is 51.6 Å². The predicted octanol–water partition coefficient (Wildman–Crippen LogP) is 2.40. The average Bonchev–Trinajstić information content (AvgIpc) is 2.30. The molecule has 2 rings (SSSR count). The van der Waals surface area contributed by atoms with Crippen LogP contribution in [0.15, 0.2) is 17.0 Å². The molecule has 0 saturated carbocycles. The summed E-state index contributed by atoms with van der Waals surface area (Å²) in [6, 6.07) is 4.02. The lowest BCUT2D eigenvalue weighted by Gasteiger charge is -2.38. The van der Waals surface area contributed by atoms with Crippen molar-refractivity contribution in [2.75, 3.05) is 13.1 Å². The summed E-state index contributed by atoms with van der Waals surface area (Å²) in [5.74, 6) is 0. The minimum atomic E-state index is -3.43. The zero-order chi connectivity index (χ0) is 15.1. The molecule has 0 aromatic heterocycles. The van der Waals surface area contributed by atoms with Crippen molar-refractivity contribution < 1.29 is 8.42 Å². The van der Waals surface area contributed by atoms with Crippen LogP contribution in [0.25, 0.3) is 0 Å². The van der Waals surface area contributed by atoms with Gasteiger partial charge in [0.2, 0.25) is 10.0 Å². The summed E-state index contributed by atoms with van der Waals surface area (Å²) in [5, 5.41) is 3.32. The van der Waals surface area contributed by atoms with Crippen molar-refractivity contribution in [3.05, 3.63) is 28.8 Å². The topological polar surface area (TPSA) is 49.4 Å². The summed E-state index contributed by atoms with van der Waals surface area (Å²) in [6.07, 6.45) is 0. The summed E-state index contributed by atoms with van der Waals surface area (Å²) in [5.41, 5.74) is 2.77. The van der Waals surface area contributed by atoms with Crippen molar-refractivity contribution in [1.82, 2.24) is 9.62 Å². The summed E-state index contributed by atoms with van der Waals surface area (Å²) < 4.78 is 27.6. The summed E-state index contributed by atoms with van der Waals surface area (Å²) in [7, 11) is -3.43. The molecule has 0 aliphatic carbocycles. The van der Waals surface area contributed by atoms with Crippen LogP contribution in [0.1, 0.15) is 30.5 Å². The zero-order valence-electron chi connectivity index (χ0n) is 13.3. The fourth-order valence-electron chi connectivity index (χ4n) is 3.06. The Bertz CT molecular complexity index is 593. The Kier molecular flexibility index (Phi) is 5.83. The highest BCUT2D eigenvalue weighted by atomic mass is 35.5. The maximum atomic E-state index is 13.0. The van der Waals surface area contributed by atoms with Gasteiger partial charge in [0.25, 0.3) is 0 Å². The van der Waals surface area contributed by atoms with Crippen LogP contribution < -0.4 is 5.32 Å². The molecule has 21 heavy (non-hydrogen) atoms. The number of aryl methyl sites for hydroxylation is 3. The standard InChI is InChI=1S/C15H24N2O2S.ClH/c1-10-8-11(2)15(12(3)9-10)20(18,19)17-7-6-16-13(4)14(17)5;/h8-9,13-14,16H,6-7H2,1-5H3;1H. The van der Waals surface area contributed by atoms with E-state index in [1.807, 2.05) is 46.8 Å². The fourth-order valence-corrected chi connectivity index (χ4v) is 5.17. The molecule has 1 aromatic carbocycles. The SMILES string of the molecule is Cc1cc(C)c(S(=O)(=O)N2CCNC(C)C2C)c(C)c1.Cl. The van der Waals surface area contributed by atoms with Crippen LogP contribution in [-0.2, 0) is 10.0 Å². The second kappa shape index (κ2) is 6.65. The molecule has 1 aromatic rings. The van der Waals surface area contributed by atoms with Gasteiger partial charge in [-0.1, -0.05) is 17.7 Å². The van der Waals surface area contributed by atoms with Crippen LogP contribution in [0, 0.1) is 20.8 Å². The van der Waals surface area contributed by atoms with Crippen LogP contribution >= 0.6 is 12.4 Å². The second-order valence-electron chi connectivity index (χ2n) is 5.83. The number of sulfonamides is 1. The first-order valence-electron chi connectivity index (χ1n) is 7.08. The van der Waals surface area contributed by atoms with Gasteiger partial charge in [0.15, 0.2) is 0 Å². The highest BCUT2D eigenvalue weighted by Gasteiger charge is 2.35. The van der Waals surface area contributed by atoms with Gasteiger partial charge in [0.1, 0.15) is 0 Å². The van der Waals surface area contributed by atoms with Gasteiger partial charge in [0, 0.05) is 25.2 Å². The Morgan fingerprint density at radius 1 is 1.14 bits per heavy atom. The number of halogens is 1. The fraction of sp³-hybridized carbons (Fsp3) is 0.600. The lowest BCUT2D eigenvalue weighted by Crippen LogP contribution is -2.57. The number of piperazine rings is 1. The smallest absolute Gasteiger partial charge is 0.243 e. The molecule has 1 saturated heterocycles. The van der Waals surface area contributed by atoms with E-state index in [4.69, 9.17) is 0 Å². The largest absolute Gasteiger partial charge is 0.311 e. The van der Waals surface area contributed by atoms with E-state index in [2.05, 4.69) is 5.32 Å². The summed E-state index contributed by atoms with van der Waals surface area (Å²) in [4.78, 5) is 0.476. The molecule has 1 fully saturated rings. The van der Waals surface area contributed by atoms with Crippen LogP contribution in [-0.4, -0.2) is 37.9 Å². The van der Waals surface area contributed by atoms with Crippen molar-refractivity contribution in [3.8, 4) is 0 Å². The molecular formula is C15H25ClN2O2S. The molecule has 2 unspecified atom stereocenters. The van der Waals surface area contributed by atoms with Gasteiger partial charge in [-0.25, -0.2) is 8.42 Å². The predicted molar refractivity (Wildman–Crippen MR) is 88.7 cm³/mol. The Morgan fingerprint density at radius 3 is 2.19 bits per heavy atom. The third kappa shape index (κ3) is 3.42. The first-order chi connectivity index (χ1) is 9.25. The van der Waals surface area contributed by atoms with E-state index in [0.717, 1.165) is 16.7 Å². The van der Waals surface area contributed by atoms with Gasteiger partial charge in [0.05, 0.1) is 4.90 Å². The molecule has 4 nitrogen and oxygen atoms in total. The van der Waals surface area contributed by atoms with E-state index in [0.29, 0.717) is 18.0 Å². The van der Waals surface area contributed by atoms with Gasteiger partial charge >= 0.3 is 0 Å². The van der Waals surface area contributed by atoms with Gasteiger partial charge < -0.3 is 5.32 Å². The monoisotopic (exact) mass is 332 g/mol. The third-order valence-electron chi connectivity index (χ3n) is 4.15. The third-order valence-corrected chi connectivity index (χ3v) is 6.44. The lowest BCUT2D eigenvalue weighted by molar-refractivity contribution is 0.232. The molecule has 1 aliphatic heterocycles. The number of nitrogens with zero attached hydrogens (tertiary/aromatic N) is 1. The van der Waals surface area contributed by atoms with E-state index >= 15 is 0 Å². The van der Waals surface area contributed by atoms with Crippen LogP contribution in [0.3, 0.4) is 0 Å². The molecule has 6 heteroatoms. The highest BCUT2D eigenvalue weighted by molar-refractivity contribution is 7.89. The molecule has 1 heterocycles. The average molecular weight is 333 g/mol. The molecule has 0 bridgehead atoms. The van der Waals surface area contributed by atoms with Gasteiger partial charge in [-0.15, -0.1) is 12.4 Å². The minimum Gasteiger partial charge on any atom is -0.311 e. The number of hydrogen-bond acceptors (Lipinski definition) is 3. The molecule has 120 valence electrons. The molecule has 1 N–H and O–H groups in total. The molecule has 0 radical (unpaired) electrons. The van der Waals surface area contributed by atoms with Gasteiger partial charge in [-0.2, -0.15) is 4.31 Å². The normalized spacial score (nSPS) is 23.7. The first kappa shape index (κ1) is 18.4. The van der Waals surface area contributed by atoms with Crippen molar-refractivity contribution in [2.24, 2.45) is 0 Å². The Morgan fingerprint density at radius 2 is 1.67 bits per heavy atom. The molecular weight excluding hydrogens is 308 g/mol. The van der Waals surface area contributed by atoms with E-state index in [1.54, 1.807) is 4.31 Å². The lowest BCUT2D eigenvalue weighted by atomic mass is 10.1. The number of nitrogens with one attached hydrogen (secondary N) is 1. The molecule has 2 atom stereocenters. The Balaban J connectivity index is 0.00000220. The summed E-state index contributed by atoms with van der Waals surface area (Å²) >= 11 is 0. The Labute approximate surface area is 134 Å². The van der Waals surface area contributed by atoms with E-state index in [-0.39, 0.29) is 24.5 Å². The zero-order valence-corrected chi connectivity index (χ0v) is 14.9. The highest BCUT2D eigenvalue weighted by Crippen LogP contribution is 2.27. The minimum absolute atomic E-state index is 0. The Hall–Kier alpha value is -0.620. The molecule has 0 spiro atoms. The van der Waals surface area contributed by atoms with Crippen molar-refractivity contribution in [1.29, 1.82) is 0 Å². The van der Waals surface area contributed by atoms with Crippen molar-refractivity contribution >= 4 is 22.4 Å². The van der Waals surface area contributed by atoms with Crippen molar-refractivity contribution in [3.63, 3.8) is 0 Å². The van der Waals surface area contributed by atoms with E-state index < -0.39 is 10.0 Å². The van der Waals surface area contributed by atoms with E-state index in [1.165, 1.54) is 0 Å². The second-order valence-corrected chi connectivity index (χ2v) is 7.65. The van der Waals surface area contributed by atoms with Crippen LogP contribution in [0.4, 0.5) is 0 Å². The number of benzene rings is 1. The maximum Gasteiger partial charge on any atom is 0.243 e. The molecule has 1 aliphatic rings. The van der Waals surface area contributed by atoms with Crippen LogP contribution in [0.2, 0.25) is 0 Å². The van der Waals surface area contributed by atoms with Gasteiger partial charge in [-0.05, 0) is 45.7 Å². The number of rotatable bonds is 2. The first-order valence-corrected chi connectivity index (χ1v) is 8.52. The van der Waals surface area contributed by atoms with E-state index in [9.17, 15) is 8.42 Å². The molecule has 0 amide bonds.